The zero-order valence-corrected chi connectivity index (χ0v) is 13.2. The number of hydrogen-bond acceptors (Lipinski definition) is 6. The van der Waals surface area contributed by atoms with Crippen LogP contribution in [-0.2, 0) is 11.3 Å². The first-order valence-electron chi connectivity index (χ1n) is 8.05. The van der Waals surface area contributed by atoms with Crippen LogP contribution in [0.4, 0.5) is 5.82 Å². The molecule has 0 spiro atoms. The van der Waals surface area contributed by atoms with Gasteiger partial charge in [0.15, 0.2) is 5.82 Å². The third-order valence-corrected chi connectivity index (χ3v) is 4.37. The van der Waals surface area contributed by atoms with E-state index >= 15 is 0 Å². The fourth-order valence-electron chi connectivity index (χ4n) is 3.05. The van der Waals surface area contributed by atoms with Crippen LogP contribution in [-0.4, -0.2) is 36.9 Å². The summed E-state index contributed by atoms with van der Waals surface area (Å²) < 4.78 is 7.44. The number of hydrogen-bond donors (Lipinski definition) is 2. The monoisotopic (exact) mass is 325 g/mol. The van der Waals surface area contributed by atoms with Gasteiger partial charge in [-0.2, -0.15) is 5.10 Å². The molecule has 7 heteroatoms. The van der Waals surface area contributed by atoms with Crippen molar-refractivity contribution in [2.45, 2.75) is 38.1 Å². The molecule has 1 aliphatic carbocycles. The summed E-state index contributed by atoms with van der Waals surface area (Å²) in [5.41, 5.74) is 8.55. The molecule has 1 saturated carbocycles. The molecule has 24 heavy (non-hydrogen) atoms. The van der Waals surface area contributed by atoms with Gasteiger partial charge in [0.25, 0.3) is 0 Å². The molecule has 0 amide bonds. The van der Waals surface area contributed by atoms with Gasteiger partial charge in [0.2, 0.25) is 0 Å². The molecule has 0 radical (unpaired) electrons. The SMILES string of the molecule is Nc1cc2cc(-c3cnc(COC4CCC[C@@H]4O)nc3)ccn2n1. The van der Waals surface area contributed by atoms with Crippen molar-refractivity contribution in [2.24, 2.45) is 0 Å². The number of aliphatic hydroxyl groups is 1. The number of ether oxygens (including phenoxy) is 1. The highest BCUT2D eigenvalue weighted by molar-refractivity contribution is 5.68. The Morgan fingerprint density at radius 3 is 2.79 bits per heavy atom. The van der Waals surface area contributed by atoms with Gasteiger partial charge in [0.05, 0.1) is 17.7 Å². The Morgan fingerprint density at radius 1 is 1.21 bits per heavy atom. The normalized spacial score (nSPS) is 20.7. The molecule has 3 heterocycles. The highest BCUT2D eigenvalue weighted by Crippen LogP contribution is 2.23. The van der Waals surface area contributed by atoms with Gasteiger partial charge >= 0.3 is 0 Å². The summed E-state index contributed by atoms with van der Waals surface area (Å²) in [6, 6.07) is 5.76. The van der Waals surface area contributed by atoms with Gasteiger partial charge in [0.1, 0.15) is 12.4 Å². The number of nitrogens with two attached hydrogens (primary N) is 1. The Morgan fingerprint density at radius 2 is 2.04 bits per heavy atom. The number of aliphatic hydroxyl groups excluding tert-OH is 1. The molecule has 1 fully saturated rings. The van der Waals surface area contributed by atoms with E-state index in [9.17, 15) is 5.11 Å². The van der Waals surface area contributed by atoms with Gasteiger partial charge < -0.3 is 15.6 Å². The minimum Gasteiger partial charge on any atom is -0.390 e. The van der Waals surface area contributed by atoms with Crippen LogP contribution in [0.5, 0.6) is 0 Å². The summed E-state index contributed by atoms with van der Waals surface area (Å²) in [5.74, 6) is 1.11. The molecule has 3 aromatic heterocycles. The van der Waals surface area contributed by atoms with Crippen molar-refractivity contribution in [2.75, 3.05) is 5.73 Å². The molecule has 4 rings (SSSR count). The second-order valence-corrected chi connectivity index (χ2v) is 6.09. The quantitative estimate of drug-likeness (QED) is 0.759. The Bertz CT molecular complexity index is 846. The summed E-state index contributed by atoms with van der Waals surface area (Å²) in [5, 5.41) is 13.9. The Labute approximate surface area is 139 Å². The molecule has 0 bridgehead atoms. The van der Waals surface area contributed by atoms with Crippen molar-refractivity contribution >= 4 is 11.3 Å². The number of nitrogens with zero attached hydrogens (tertiary/aromatic N) is 4. The summed E-state index contributed by atoms with van der Waals surface area (Å²) >= 11 is 0. The van der Waals surface area contributed by atoms with Gasteiger partial charge in [-0.1, -0.05) is 0 Å². The molecule has 7 nitrogen and oxygen atoms in total. The maximum Gasteiger partial charge on any atom is 0.153 e. The molecule has 0 aliphatic heterocycles. The maximum atomic E-state index is 9.77. The fraction of sp³-hybridized carbons (Fsp3) is 0.353. The van der Waals surface area contributed by atoms with Crippen molar-refractivity contribution in [3.05, 3.63) is 42.6 Å². The summed E-state index contributed by atoms with van der Waals surface area (Å²) in [6.07, 6.45) is 7.68. The third-order valence-electron chi connectivity index (χ3n) is 4.37. The molecule has 1 unspecified atom stereocenters. The first-order valence-corrected chi connectivity index (χ1v) is 8.05. The lowest BCUT2D eigenvalue weighted by molar-refractivity contribution is -0.0295. The maximum absolute atomic E-state index is 9.77. The van der Waals surface area contributed by atoms with Gasteiger partial charge in [0, 0.05) is 30.2 Å². The van der Waals surface area contributed by atoms with Crippen LogP contribution in [0, 0.1) is 0 Å². The molecule has 3 N–H and O–H groups in total. The molecule has 1 aliphatic rings. The van der Waals surface area contributed by atoms with Crippen molar-refractivity contribution in [3.8, 4) is 11.1 Å². The molecule has 0 saturated heterocycles. The lowest BCUT2D eigenvalue weighted by Crippen LogP contribution is -2.22. The van der Waals surface area contributed by atoms with E-state index in [2.05, 4.69) is 15.1 Å². The Kier molecular flexibility index (Phi) is 3.87. The molecular formula is C17H19N5O2. The fourth-order valence-corrected chi connectivity index (χ4v) is 3.05. The molecule has 2 atom stereocenters. The van der Waals surface area contributed by atoms with Crippen molar-refractivity contribution in [1.29, 1.82) is 0 Å². The van der Waals surface area contributed by atoms with E-state index in [1.165, 1.54) is 0 Å². The standard InChI is InChI=1S/C17H19N5O2/c18-16-7-13-6-11(4-5-22(13)21-16)12-8-19-17(20-9-12)10-24-15-3-1-2-14(15)23/h4-9,14-15,23H,1-3,10H2,(H2,18,21)/t14-,15?/m0/s1. The third kappa shape index (κ3) is 2.95. The van der Waals surface area contributed by atoms with E-state index in [0.29, 0.717) is 18.2 Å². The van der Waals surface area contributed by atoms with Gasteiger partial charge in [-0.15, -0.1) is 0 Å². The zero-order valence-electron chi connectivity index (χ0n) is 13.2. The van der Waals surface area contributed by atoms with Crippen molar-refractivity contribution in [1.82, 2.24) is 19.6 Å². The van der Waals surface area contributed by atoms with E-state index < -0.39 is 0 Å². The summed E-state index contributed by atoms with van der Waals surface area (Å²) in [4.78, 5) is 8.72. The van der Waals surface area contributed by atoms with Crippen LogP contribution < -0.4 is 5.73 Å². The van der Waals surface area contributed by atoms with Gasteiger partial charge in [-0.05, 0) is 37.0 Å². The minimum absolute atomic E-state index is 0.0944. The average molecular weight is 325 g/mol. The number of fused-ring (bicyclic) bond motifs is 1. The van der Waals surface area contributed by atoms with Crippen molar-refractivity contribution < 1.29 is 9.84 Å². The minimum atomic E-state index is -0.362. The van der Waals surface area contributed by atoms with E-state index in [4.69, 9.17) is 10.5 Å². The van der Waals surface area contributed by atoms with Crippen LogP contribution in [0.3, 0.4) is 0 Å². The van der Waals surface area contributed by atoms with E-state index in [1.807, 2.05) is 24.4 Å². The van der Waals surface area contributed by atoms with Crippen molar-refractivity contribution in [3.63, 3.8) is 0 Å². The highest BCUT2D eigenvalue weighted by atomic mass is 16.5. The first-order chi connectivity index (χ1) is 11.7. The smallest absolute Gasteiger partial charge is 0.153 e. The molecule has 0 aromatic carbocycles. The first kappa shape index (κ1) is 15.0. The molecular weight excluding hydrogens is 306 g/mol. The summed E-state index contributed by atoms with van der Waals surface area (Å²) in [7, 11) is 0. The zero-order chi connectivity index (χ0) is 16.5. The largest absolute Gasteiger partial charge is 0.390 e. The number of pyridine rings is 1. The van der Waals surface area contributed by atoms with E-state index in [-0.39, 0.29) is 12.2 Å². The van der Waals surface area contributed by atoms with Crippen LogP contribution in [0.15, 0.2) is 36.8 Å². The van der Waals surface area contributed by atoms with E-state index in [0.717, 1.165) is 35.9 Å². The van der Waals surface area contributed by atoms with Gasteiger partial charge in [-0.3, -0.25) is 0 Å². The average Bonchev–Trinajstić information content (AvgIpc) is 3.17. The Hall–Kier alpha value is -2.51. The second-order valence-electron chi connectivity index (χ2n) is 6.09. The topological polar surface area (TPSA) is 98.6 Å². The lowest BCUT2D eigenvalue weighted by Gasteiger charge is -2.14. The molecule has 124 valence electrons. The van der Waals surface area contributed by atoms with Crippen LogP contribution in [0.25, 0.3) is 16.6 Å². The summed E-state index contributed by atoms with van der Waals surface area (Å²) in [6.45, 7) is 0.320. The number of nitrogen functional groups attached to an aromatic ring is 1. The number of anilines is 1. The lowest BCUT2D eigenvalue weighted by atomic mass is 10.1. The number of rotatable bonds is 4. The molecule has 3 aromatic rings. The predicted octanol–water partition coefficient (Wildman–Crippen LogP) is 1.80. The Balaban J connectivity index is 1.47. The van der Waals surface area contributed by atoms with Crippen LogP contribution >= 0.6 is 0 Å². The predicted molar refractivity (Wildman–Crippen MR) is 89.1 cm³/mol. The highest BCUT2D eigenvalue weighted by Gasteiger charge is 2.25. The second kappa shape index (κ2) is 6.18. The van der Waals surface area contributed by atoms with Gasteiger partial charge in [-0.25, -0.2) is 14.5 Å². The van der Waals surface area contributed by atoms with E-state index in [1.54, 1.807) is 16.9 Å². The number of aromatic nitrogens is 4. The van der Waals surface area contributed by atoms with Crippen LogP contribution in [0.1, 0.15) is 25.1 Å². The van der Waals surface area contributed by atoms with Crippen LogP contribution in [0.2, 0.25) is 0 Å².